The maximum Gasteiger partial charge on any atom is -0.0195 e. The Kier molecular flexibility index (Phi) is 13.1. The molecule has 0 aromatic heterocycles. The van der Waals surface area contributed by atoms with Gasteiger partial charge in [-0.1, -0.05) is 132 Å². The molecule has 0 saturated heterocycles. The quantitative estimate of drug-likeness (QED) is 0.269. The van der Waals surface area contributed by atoms with Gasteiger partial charge in [-0.05, 0) is 114 Å². The Balaban J connectivity index is 1.90. The van der Waals surface area contributed by atoms with Crippen LogP contribution in [0.25, 0.3) is 12.2 Å². The van der Waals surface area contributed by atoms with E-state index < -0.39 is 0 Å². The lowest BCUT2D eigenvalue weighted by atomic mass is 9.97. The predicted molar refractivity (Wildman–Crippen MR) is 182 cm³/mol. The molecular formula is C40H48. The van der Waals surface area contributed by atoms with Crippen LogP contribution in [0.3, 0.4) is 0 Å². The number of rotatable bonds is 10. The summed E-state index contributed by atoms with van der Waals surface area (Å²) in [5.74, 6) is 0. The van der Waals surface area contributed by atoms with Gasteiger partial charge in [0.25, 0.3) is 0 Å². The van der Waals surface area contributed by atoms with Crippen LogP contribution in [0.1, 0.15) is 72.2 Å². The van der Waals surface area contributed by atoms with Gasteiger partial charge in [-0.3, -0.25) is 0 Å². The van der Waals surface area contributed by atoms with Crippen LogP contribution in [-0.2, 0) is 0 Å². The summed E-state index contributed by atoms with van der Waals surface area (Å²) in [4.78, 5) is 0. The van der Waals surface area contributed by atoms with E-state index in [-0.39, 0.29) is 0 Å². The average Bonchev–Trinajstić information content (AvgIpc) is 2.91. The summed E-state index contributed by atoms with van der Waals surface area (Å²) in [5.41, 5.74) is 15.6. The van der Waals surface area contributed by atoms with Crippen LogP contribution in [0.2, 0.25) is 0 Å². The van der Waals surface area contributed by atoms with Crippen molar-refractivity contribution < 1.29 is 0 Å². The van der Waals surface area contributed by atoms with Crippen molar-refractivity contribution in [2.24, 2.45) is 0 Å². The molecule has 0 atom stereocenters. The first kappa shape index (κ1) is 32.3. The van der Waals surface area contributed by atoms with Gasteiger partial charge in [0.05, 0.1) is 0 Å². The van der Waals surface area contributed by atoms with Gasteiger partial charge in [-0.25, -0.2) is 0 Å². The maximum absolute atomic E-state index is 2.23. The molecule has 0 unspecified atom stereocenters. The highest BCUT2D eigenvalue weighted by Gasteiger charge is 2.02. The van der Waals surface area contributed by atoms with Gasteiger partial charge in [0.1, 0.15) is 0 Å². The lowest BCUT2D eigenvalue weighted by Gasteiger charge is -2.08. The van der Waals surface area contributed by atoms with Gasteiger partial charge in [-0.2, -0.15) is 0 Å². The zero-order valence-corrected chi connectivity index (χ0v) is 26.4. The molecule has 0 heteroatoms. The van der Waals surface area contributed by atoms with Crippen LogP contribution in [0.4, 0.5) is 0 Å². The first-order chi connectivity index (χ1) is 19.0. The molecule has 2 rings (SSSR count). The van der Waals surface area contributed by atoms with Crippen LogP contribution in [0.15, 0.2) is 119 Å². The third kappa shape index (κ3) is 10.7. The second kappa shape index (κ2) is 16.3. The van der Waals surface area contributed by atoms with Crippen molar-refractivity contribution in [1.29, 1.82) is 0 Å². The van der Waals surface area contributed by atoms with Gasteiger partial charge < -0.3 is 0 Å². The molecule has 0 saturated carbocycles. The van der Waals surface area contributed by atoms with Crippen molar-refractivity contribution in [2.75, 3.05) is 0 Å². The highest BCUT2D eigenvalue weighted by Crippen LogP contribution is 2.20. The minimum atomic E-state index is 1.21. The molecule has 0 nitrogen and oxygen atoms in total. The Labute approximate surface area is 245 Å². The van der Waals surface area contributed by atoms with E-state index in [2.05, 4.69) is 179 Å². The molecule has 2 aromatic carbocycles. The van der Waals surface area contributed by atoms with Crippen LogP contribution in [-0.4, -0.2) is 0 Å². The van der Waals surface area contributed by atoms with Crippen LogP contribution in [0.5, 0.6) is 0 Å². The van der Waals surface area contributed by atoms with E-state index in [0.717, 1.165) is 0 Å². The van der Waals surface area contributed by atoms with Crippen molar-refractivity contribution in [2.45, 2.75) is 69.2 Å². The van der Waals surface area contributed by atoms with E-state index in [1.165, 1.54) is 66.8 Å². The summed E-state index contributed by atoms with van der Waals surface area (Å²) < 4.78 is 0. The molecule has 0 radical (unpaired) electrons. The molecule has 0 aliphatic rings. The maximum atomic E-state index is 2.23. The van der Waals surface area contributed by atoms with Crippen molar-refractivity contribution in [1.82, 2.24) is 0 Å². The van der Waals surface area contributed by atoms with E-state index in [1.54, 1.807) is 0 Å². The number of hydrogen-bond donors (Lipinski definition) is 0. The third-order valence-electron chi connectivity index (χ3n) is 7.41. The fraction of sp³-hybridized carbons (Fsp3) is 0.250. The van der Waals surface area contributed by atoms with Crippen LogP contribution in [0, 0.1) is 41.5 Å². The second-order valence-corrected chi connectivity index (χ2v) is 10.9. The van der Waals surface area contributed by atoms with E-state index in [0.29, 0.717) is 0 Å². The normalized spacial score (nSPS) is 14.3. The smallest absolute Gasteiger partial charge is 0.0195 e. The van der Waals surface area contributed by atoms with Crippen molar-refractivity contribution >= 4 is 12.2 Å². The van der Waals surface area contributed by atoms with Crippen molar-refractivity contribution in [3.05, 3.63) is 164 Å². The summed E-state index contributed by atoms with van der Waals surface area (Å²) in [7, 11) is 0. The Bertz CT molecular complexity index is 1450. The molecule has 0 N–H and O–H groups in total. The molecule has 40 heavy (non-hydrogen) atoms. The largest absolute Gasteiger partial charge is 0.0620 e. The molecule has 0 fully saturated rings. The monoisotopic (exact) mass is 528 g/mol. The number of aryl methyl sites for hydroxylation is 3. The topological polar surface area (TPSA) is 0 Å². The molecule has 0 spiro atoms. The Morgan fingerprint density at radius 1 is 0.425 bits per heavy atom. The van der Waals surface area contributed by atoms with Gasteiger partial charge in [-0.15, -0.1) is 0 Å². The molecule has 0 bridgehead atoms. The average molecular weight is 529 g/mol. The summed E-state index contributed by atoms with van der Waals surface area (Å²) in [6.45, 7) is 21.6. The lowest BCUT2D eigenvalue weighted by molar-refractivity contribution is 1.26. The minimum absolute atomic E-state index is 1.21. The van der Waals surface area contributed by atoms with E-state index in [9.17, 15) is 0 Å². The standard InChI is InChI=1S/C40H48/c1-29(17-13-19-31(3)21-26-39-27-25-33(5)36(8)38(39)10)15-11-12-16-30(2)18-14-20-32(4)22-28-40-35(7)24-23-34(6)37(40)9/h11-28H,1-10H3. The lowest BCUT2D eigenvalue weighted by Crippen LogP contribution is -1.89. The molecule has 0 aliphatic heterocycles. The van der Waals surface area contributed by atoms with E-state index >= 15 is 0 Å². The van der Waals surface area contributed by atoms with Crippen molar-refractivity contribution in [3.8, 4) is 0 Å². The summed E-state index contributed by atoms with van der Waals surface area (Å²) >= 11 is 0. The highest BCUT2D eigenvalue weighted by molar-refractivity contribution is 5.62. The minimum Gasteiger partial charge on any atom is -0.0620 e. The fourth-order valence-electron chi connectivity index (χ4n) is 4.16. The molecule has 0 aliphatic carbocycles. The second-order valence-electron chi connectivity index (χ2n) is 10.9. The summed E-state index contributed by atoms with van der Waals surface area (Å²) in [5, 5.41) is 0. The Hall–Kier alpha value is -3.90. The fourth-order valence-corrected chi connectivity index (χ4v) is 4.16. The predicted octanol–water partition coefficient (Wildman–Crippen LogP) is 11.7. The van der Waals surface area contributed by atoms with E-state index in [1.807, 2.05) is 0 Å². The molecule has 208 valence electrons. The zero-order valence-electron chi connectivity index (χ0n) is 26.4. The molecule has 0 amide bonds. The highest BCUT2D eigenvalue weighted by atomic mass is 14.1. The SMILES string of the molecule is CC(C=CC=C(C)C=Cc1ccc(C)c(C)c1C)=CC=CC=C(C)C=CC=C(C)C=Cc1c(C)ccc(C)c1C. The van der Waals surface area contributed by atoms with Gasteiger partial charge in [0.15, 0.2) is 0 Å². The first-order valence-corrected chi connectivity index (χ1v) is 14.2. The van der Waals surface area contributed by atoms with Crippen molar-refractivity contribution in [3.63, 3.8) is 0 Å². The first-order valence-electron chi connectivity index (χ1n) is 14.2. The molecule has 0 heterocycles. The Morgan fingerprint density at radius 3 is 1.43 bits per heavy atom. The number of benzene rings is 2. The van der Waals surface area contributed by atoms with Gasteiger partial charge in [0, 0.05) is 0 Å². The molecular weight excluding hydrogens is 480 g/mol. The Morgan fingerprint density at radius 2 is 0.850 bits per heavy atom. The number of hydrogen-bond acceptors (Lipinski definition) is 0. The third-order valence-corrected chi connectivity index (χ3v) is 7.41. The number of allylic oxidation sites excluding steroid dienone is 16. The zero-order chi connectivity index (χ0) is 29.7. The van der Waals surface area contributed by atoms with Crippen LogP contribution < -0.4 is 0 Å². The summed E-state index contributed by atoms with van der Waals surface area (Å²) in [6, 6.07) is 8.78. The molecule has 2 aromatic rings. The summed E-state index contributed by atoms with van der Waals surface area (Å²) in [6.07, 6.45) is 30.1. The van der Waals surface area contributed by atoms with E-state index in [4.69, 9.17) is 0 Å². The van der Waals surface area contributed by atoms with Gasteiger partial charge in [0.2, 0.25) is 0 Å². The van der Waals surface area contributed by atoms with Crippen LogP contribution >= 0.6 is 0 Å². The van der Waals surface area contributed by atoms with Gasteiger partial charge >= 0.3 is 0 Å².